The first-order valence-corrected chi connectivity index (χ1v) is 7.14. The van der Waals surface area contributed by atoms with Crippen molar-refractivity contribution in [1.29, 1.82) is 0 Å². The van der Waals surface area contributed by atoms with Gasteiger partial charge in [0.15, 0.2) is 0 Å². The maximum Gasteiger partial charge on any atom is 0.258 e. The standard InChI is InChI=1S/C18H22N2O.ClH/c1-12(2)14-6-9-16(10-7-14)20(4)18(21)17-11-15(19)8-5-13(17)3;/h5-12H,19H2,1-4H3;1H. The Morgan fingerprint density at radius 2 is 1.68 bits per heavy atom. The van der Waals surface area contributed by atoms with E-state index in [1.54, 1.807) is 18.0 Å². The summed E-state index contributed by atoms with van der Waals surface area (Å²) in [5.74, 6) is 0.438. The number of rotatable bonds is 3. The molecule has 0 aliphatic heterocycles. The first-order chi connectivity index (χ1) is 9.90. The van der Waals surface area contributed by atoms with Crippen LogP contribution < -0.4 is 10.6 Å². The molecule has 22 heavy (non-hydrogen) atoms. The molecule has 0 aromatic heterocycles. The molecule has 118 valence electrons. The second-order valence-electron chi connectivity index (χ2n) is 5.68. The normalized spacial score (nSPS) is 10.2. The number of aryl methyl sites for hydroxylation is 1. The predicted octanol–water partition coefficient (Wildman–Crippen LogP) is 4.40. The Hall–Kier alpha value is -2.00. The second-order valence-corrected chi connectivity index (χ2v) is 5.68. The first-order valence-electron chi connectivity index (χ1n) is 7.14. The third-order valence-electron chi connectivity index (χ3n) is 3.74. The van der Waals surface area contributed by atoms with E-state index in [1.807, 2.05) is 31.2 Å². The Labute approximate surface area is 138 Å². The molecule has 4 heteroatoms. The molecule has 0 bridgehead atoms. The van der Waals surface area contributed by atoms with Crippen LogP contribution in [-0.4, -0.2) is 13.0 Å². The first kappa shape index (κ1) is 18.1. The summed E-state index contributed by atoms with van der Waals surface area (Å²) in [6.45, 7) is 6.22. The summed E-state index contributed by atoms with van der Waals surface area (Å²) in [5, 5.41) is 0. The number of benzene rings is 2. The van der Waals surface area contributed by atoms with E-state index in [1.165, 1.54) is 5.56 Å². The summed E-state index contributed by atoms with van der Waals surface area (Å²) < 4.78 is 0. The van der Waals surface area contributed by atoms with E-state index < -0.39 is 0 Å². The molecule has 2 rings (SSSR count). The second kappa shape index (κ2) is 7.32. The van der Waals surface area contributed by atoms with Crippen LogP contribution in [0.2, 0.25) is 0 Å². The van der Waals surface area contributed by atoms with Crippen LogP contribution >= 0.6 is 12.4 Å². The van der Waals surface area contributed by atoms with E-state index in [-0.39, 0.29) is 18.3 Å². The fraction of sp³-hybridized carbons (Fsp3) is 0.278. The SMILES string of the molecule is Cc1ccc(N)cc1C(=O)N(C)c1ccc(C(C)C)cc1.Cl. The molecule has 0 saturated heterocycles. The molecular weight excluding hydrogens is 296 g/mol. The summed E-state index contributed by atoms with van der Waals surface area (Å²) in [4.78, 5) is 14.3. The van der Waals surface area contributed by atoms with Gasteiger partial charge in [-0.15, -0.1) is 12.4 Å². The highest BCUT2D eigenvalue weighted by atomic mass is 35.5. The zero-order valence-corrected chi connectivity index (χ0v) is 14.3. The average Bonchev–Trinajstić information content (AvgIpc) is 2.48. The van der Waals surface area contributed by atoms with Crippen molar-refractivity contribution in [3.63, 3.8) is 0 Å². The largest absolute Gasteiger partial charge is 0.399 e. The van der Waals surface area contributed by atoms with Gasteiger partial charge >= 0.3 is 0 Å². The Bertz CT molecular complexity index is 651. The fourth-order valence-electron chi connectivity index (χ4n) is 2.25. The van der Waals surface area contributed by atoms with Crippen molar-refractivity contribution in [2.45, 2.75) is 26.7 Å². The minimum absolute atomic E-state index is 0. The van der Waals surface area contributed by atoms with Gasteiger partial charge in [0, 0.05) is 24.0 Å². The average molecular weight is 319 g/mol. The van der Waals surface area contributed by atoms with Gasteiger partial charge in [0.25, 0.3) is 5.91 Å². The number of nitrogens with two attached hydrogens (primary N) is 1. The van der Waals surface area contributed by atoms with Gasteiger partial charge in [0.2, 0.25) is 0 Å². The summed E-state index contributed by atoms with van der Waals surface area (Å²) in [6.07, 6.45) is 0. The van der Waals surface area contributed by atoms with Crippen molar-refractivity contribution in [3.05, 3.63) is 59.2 Å². The van der Waals surface area contributed by atoms with Crippen LogP contribution in [0.4, 0.5) is 11.4 Å². The highest BCUT2D eigenvalue weighted by Crippen LogP contribution is 2.22. The van der Waals surface area contributed by atoms with Crippen molar-refractivity contribution < 1.29 is 4.79 Å². The van der Waals surface area contributed by atoms with Gasteiger partial charge in [-0.2, -0.15) is 0 Å². The molecule has 0 radical (unpaired) electrons. The van der Waals surface area contributed by atoms with E-state index in [9.17, 15) is 4.79 Å². The van der Waals surface area contributed by atoms with Crippen molar-refractivity contribution in [1.82, 2.24) is 0 Å². The topological polar surface area (TPSA) is 46.3 Å². The number of hydrogen-bond donors (Lipinski definition) is 1. The number of halogens is 1. The summed E-state index contributed by atoms with van der Waals surface area (Å²) in [6, 6.07) is 13.5. The maximum absolute atomic E-state index is 12.6. The van der Waals surface area contributed by atoms with Crippen molar-refractivity contribution in [2.24, 2.45) is 0 Å². The lowest BCUT2D eigenvalue weighted by molar-refractivity contribution is 0.0992. The molecular formula is C18H23ClN2O. The van der Waals surface area contributed by atoms with Crippen LogP contribution in [-0.2, 0) is 0 Å². The zero-order valence-electron chi connectivity index (χ0n) is 13.5. The molecule has 0 fully saturated rings. The molecule has 0 atom stereocenters. The van der Waals surface area contributed by atoms with Gasteiger partial charge in [-0.25, -0.2) is 0 Å². The van der Waals surface area contributed by atoms with E-state index >= 15 is 0 Å². The smallest absolute Gasteiger partial charge is 0.258 e. The van der Waals surface area contributed by atoms with Crippen LogP contribution in [0.5, 0.6) is 0 Å². The molecule has 2 aromatic rings. The lowest BCUT2D eigenvalue weighted by Crippen LogP contribution is -2.27. The van der Waals surface area contributed by atoms with Crippen LogP contribution in [0, 0.1) is 6.92 Å². The number of nitrogens with zero attached hydrogens (tertiary/aromatic N) is 1. The number of anilines is 2. The predicted molar refractivity (Wildman–Crippen MR) is 96.1 cm³/mol. The number of carbonyl (C=O) groups is 1. The van der Waals surface area contributed by atoms with E-state index in [4.69, 9.17) is 5.73 Å². The Balaban J connectivity index is 0.00000242. The van der Waals surface area contributed by atoms with E-state index in [0.29, 0.717) is 17.2 Å². The van der Waals surface area contributed by atoms with Crippen LogP contribution in [0.15, 0.2) is 42.5 Å². The quantitative estimate of drug-likeness (QED) is 0.853. The molecule has 0 aliphatic rings. The van der Waals surface area contributed by atoms with E-state index in [2.05, 4.69) is 26.0 Å². The van der Waals surface area contributed by atoms with Crippen molar-refractivity contribution >= 4 is 29.7 Å². The van der Waals surface area contributed by atoms with Crippen molar-refractivity contribution in [2.75, 3.05) is 17.7 Å². The number of nitrogen functional groups attached to an aromatic ring is 1. The van der Waals surface area contributed by atoms with Crippen LogP contribution in [0.25, 0.3) is 0 Å². The monoisotopic (exact) mass is 318 g/mol. The molecule has 0 spiro atoms. The Kier molecular flexibility index (Phi) is 6.01. The molecule has 0 heterocycles. The maximum atomic E-state index is 12.6. The highest BCUT2D eigenvalue weighted by molar-refractivity contribution is 6.07. The lowest BCUT2D eigenvalue weighted by Gasteiger charge is -2.19. The van der Waals surface area contributed by atoms with Crippen molar-refractivity contribution in [3.8, 4) is 0 Å². The van der Waals surface area contributed by atoms with Crippen LogP contribution in [0.3, 0.4) is 0 Å². The number of hydrogen-bond acceptors (Lipinski definition) is 2. The molecule has 2 N–H and O–H groups in total. The number of carbonyl (C=O) groups excluding carboxylic acids is 1. The number of amides is 1. The van der Waals surface area contributed by atoms with Gasteiger partial charge in [0.05, 0.1) is 0 Å². The Morgan fingerprint density at radius 1 is 1.09 bits per heavy atom. The van der Waals surface area contributed by atoms with Gasteiger partial charge in [-0.05, 0) is 48.2 Å². The molecule has 0 unspecified atom stereocenters. The van der Waals surface area contributed by atoms with Gasteiger partial charge < -0.3 is 10.6 Å². The molecule has 2 aromatic carbocycles. The summed E-state index contributed by atoms with van der Waals surface area (Å²) in [5.41, 5.74) is 10.1. The third kappa shape index (κ3) is 3.80. The van der Waals surface area contributed by atoms with E-state index in [0.717, 1.165) is 11.3 Å². The minimum Gasteiger partial charge on any atom is -0.399 e. The molecule has 3 nitrogen and oxygen atoms in total. The molecule has 0 saturated carbocycles. The van der Waals surface area contributed by atoms with Gasteiger partial charge in [-0.3, -0.25) is 4.79 Å². The third-order valence-corrected chi connectivity index (χ3v) is 3.74. The fourth-order valence-corrected chi connectivity index (χ4v) is 2.25. The zero-order chi connectivity index (χ0) is 15.6. The molecule has 0 aliphatic carbocycles. The highest BCUT2D eigenvalue weighted by Gasteiger charge is 2.16. The van der Waals surface area contributed by atoms with Gasteiger partial charge in [0.1, 0.15) is 0 Å². The summed E-state index contributed by atoms with van der Waals surface area (Å²) >= 11 is 0. The minimum atomic E-state index is -0.0444. The summed E-state index contributed by atoms with van der Waals surface area (Å²) in [7, 11) is 1.79. The molecule has 1 amide bonds. The van der Waals surface area contributed by atoms with Gasteiger partial charge in [-0.1, -0.05) is 32.0 Å². The Morgan fingerprint density at radius 3 is 2.23 bits per heavy atom. The van der Waals surface area contributed by atoms with Crippen LogP contribution in [0.1, 0.15) is 41.3 Å². The lowest BCUT2D eigenvalue weighted by atomic mass is 10.0.